The van der Waals surface area contributed by atoms with Crippen LogP contribution in [0.3, 0.4) is 0 Å². The van der Waals surface area contributed by atoms with Gasteiger partial charge in [0.15, 0.2) is 6.10 Å². The Hall–Kier alpha value is -3.06. The van der Waals surface area contributed by atoms with Crippen molar-refractivity contribution in [2.75, 3.05) is 11.9 Å². The number of aliphatic carboxylic acids is 1. The SMILES string of the molecule is CCOc1ccc(COC(=O)Nc2ccc(CC(OC(C)C)C(=O)O)cc2)cc1. The Morgan fingerprint density at radius 2 is 1.62 bits per heavy atom. The van der Waals surface area contributed by atoms with Crippen LogP contribution in [-0.4, -0.2) is 36.0 Å². The molecule has 0 fully saturated rings. The number of carboxylic acids is 1. The Kier molecular flexibility index (Phi) is 8.48. The fraction of sp³-hybridized carbons (Fsp3) is 0.364. The maximum absolute atomic E-state index is 12.0. The van der Waals surface area contributed by atoms with Crippen molar-refractivity contribution in [1.82, 2.24) is 0 Å². The summed E-state index contributed by atoms with van der Waals surface area (Å²) in [6.07, 6.45) is -1.41. The maximum atomic E-state index is 12.0. The van der Waals surface area contributed by atoms with Crippen molar-refractivity contribution in [3.05, 3.63) is 59.7 Å². The fourth-order valence-corrected chi connectivity index (χ4v) is 2.61. The average Bonchev–Trinajstić information content (AvgIpc) is 2.68. The predicted molar refractivity (Wildman–Crippen MR) is 109 cm³/mol. The summed E-state index contributed by atoms with van der Waals surface area (Å²) in [6, 6.07) is 14.2. The molecule has 2 aromatic rings. The van der Waals surface area contributed by atoms with E-state index in [1.54, 1.807) is 38.1 Å². The monoisotopic (exact) mass is 401 g/mol. The molecule has 0 bridgehead atoms. The van der Waals surface area contributed by atoms with Crippen molar-refractivity contribution in [3.63, 3.8) is 0 Å². The van der Waals surface area contributed by atoms with Crippen LogP contribution in [0.1, 0.15) is 31.9 Å². The van der Waals surface area contributed by atoms with Crippen molar-refractivity contribution in [2.24, 2.45) is 0 Å². The summed E-state index contributed by atoms with van der Waals surface area (Å²) in [6.45, 7) is 6.24. The van der Waals surface area contributed by atoms with E-state index in [-0.39, 0.29) is 19.1 Å². The summed E-state index contributed by atoms with van der Waals surface area (Å²) in [5, 5.41) is 11.9. The van der Waals surface area contributed by atoms with E-state index in [2.05, 4.69) is 5.32 Å². The summed E-state index contributed by atoms with van der Waals surface area (Å²) in [5.41, 5.74) is 2.21. The molecule has 29 heavy (non-hydrogen) atoms. The molecule has 0 aliphatic rings. The molecule has 1 atom stereocenters. The highest BCUT2D eigenvalue weighted by molar-refractivity contribution is 5.84. The largest absolute Gasteiger partial charge is 0.494 e. The number of nitrogens with one attached hydrogen (secondary N) is 1. The molecule has 0 aliphatic carbocycles. The molecule has 0 heterocycles. The van der Waals surface area contributed by atoms with Gasteiger partial charge in [-0.3, -0.25) is 5.32 Å². The van der Waals surface area contributed by atoms with Crippen LogP contribution in [0.5, 0.6) is 5.75 Å². The molecule has 7 heteroatoms. The second-order valence-electron chi connectivity index (χ2n) is 6.69. The first-order chi connectivity index (χ1) is 13.9. The Bertz CT molecular complexity index is 786. The third kappa shape index (κ3) is 7.83. The summed E-state index contributed by atoms with van der Waals surface area (Å²) < 4.78 is 16.0. The molecule has 0 saturated heterocycles. The van der Waals surface area contributed by atoms with Crippen LogP contribution in [0.15, 0.2) is 48.5 Å². The lowest BCUT2D eigenvalue weighted by atomic mass is 10.1. The highest BCUT2D eigenvalue weighted by atomic mass is 16.5. The molecular weight excluding hydrogens is 374 g/mol. The topological polar surface area (TPSA) is 94.1 Å². The molecule has 1 amide bonds. The van der Waals surface area contributed by atoms with Crippen LogP contribution in [-0.2, 0) is 27.3 Å². The quantitative estimate of drug-likeness (QED) is 0.618. The van der Waals surface area contributed by atoms with Crippen LogP contribution < -0.4 is 10.1 Å². The molecule has 0 saturated carbocycles. The van der Waals surface area contributed by atoms with E-state index in [9.17, 15) is 14.7 Å². The normalized spacial score (nSPS) is 11.7. The van der Waals surface area contributed by atoms with Gasteiger partial charge in [-0.2, -0.15) is 0 Å². The Labute approximate surface area is 170 Å². The second-order valence-corrected chi connectivity index (χ2v) is 6.69. The molecule has 1 unspecified atom stereocenters. The predicted octanol–water partition coefficient (Wildman–Crippen LogP) is 4.25. The van der Waals surface area contributed by atoms with Gasteiger partial charge in [-0.25, -0.2) is 9.59 Å². The van der Waals surface area contributed by atoms with Gasteiger partial charge < -0.3 is 19.3 Å². The minimum absolute atomic E-state index is 0.142. The Morgan fingerprint density at radius 3 is 2.17 bits per heavy atom. The van der Waals surface area contributed by atoms with Crippen LogP contribution in [0.4, 0.5) is 10.5 Å². The van der Waals surface area contributed by atoms with E-state index in [4.69, 9.17) is 14.2 Å². The lowest BCUT2D eigenvalue weighted by Crippen LogP contribution is -2.29. The van der Waals surface area contributed by atoms with Crippen LogP contribution in [0, 0.1) is 0 Å². The van der Waals surface area contributed by atoms with E-state index in [1.807, 2.05) is 31.2 Å². The summed E-state index contributed by atoms with van der Waals surface area (Å²) in [7, 11) is 0. The minimum atomic E-state index is -1.00. The third-order valence-corrected chi connectivity index (χ3v) is 3.94. The number of amides is 1. The maximum Gasteiger partial charge on any atom is 0.411 e. The van der Waals surface area contributed by atoms with Gasteiger partial charge >= 0.3 is 12.1 Å². The molecule has 2 N–H and O–H groups in total. The molecule has 2 rings (SSSR count). The standard InChI is InChI=1S/C22H27NO6/c1-4-27-19-11-7-17(8-12-19)14-28-22(26)23-18-9-5-16(6-10-18)13-20(21(24)25)29-15(2)3/h5-12,15,20H,4,13-14H2,1-3H3,(H,23,26)(H,24,25). The molecular formula is C22H27NO6. The summed E-state index contributed by atoms with van der Waals surface area (Å²) in [5.74, 6) is -0.233. The van der Waals surface area contributed by atoms with Crippen molar-refractivity contribution in [2.45, 2.75) is 46.0 Å². The lowest BCUT2D eigenvalue weighted by Gasteiger charge is -2.16. The van der Waals surface area contributed by atoms with Gasteiger partial charge in [0.05, 0.1) is 12.7 Å². The number of ether oxygens (including phenoxy) is 3. The molecule has 0 spiro atoms. The minimum Gasteiger partial charge on any atom is -0.494 e. The van der Waals surface area contributed by atoms with Gasteiger partial charge in [-0.15, -0.1) is 0 Å². The van der Waals surface area contributed by atoms with E-state index in [0.717, 1.165) is 16.9 Å². The van der Waals surface area contributed by atoms with Crippen molar-refractivity contribution in [1.29, 1.82) is 0 Å². The second kappa shape index (κ2) is 11.1. The van der Waals surface area contributed by atoms with Gasteiger partial charge in [0.2, 0.25) is 0 Å². The smallest absolute Gasteiger partial charge is 0.411 e. The van der Waals surface area contributed by atoms with Crippen molar-refractivity contribution in [3.8, 4) is 5.75 Å². The summed E-state index contributed by atoms with van der Waals surface area (Å²) in [4.78, 5) is 23.3. The highest BCUT2D eigenvalue weighted by Crippen LogP contribution is 2.15. The zero-order valence-electron chi connectivity index (χ0n) is 16.9. The molecule has 2 aromatic carbocycles. The Balaban J connectivity index is 1.83. The molecule has 0 radical (unpaired) electrons. The molecule has 0 aliphatic heterocycles. The van der Waals surface area contributed by atoms with E-state index < -0.39 is 18.2 Å². The van der Waals surface area contributed by atoms with E-state index in [1.165, 1.54) is 0 Å². The average molecular weight is 401 g/mol. The number of carbonyl (C=O) groups excluding carboxylic acids is 1. The van der Waals surface area contributed by atoms with Crippen LogP contribution in [0.25, 0.3) is 0 Å². The van der Waals surface area contributed by atoms with E-state index >= 15 is 0 Å². The van der Waals surface area contributed by atoms with Gasteiger partial charge in [-0.1, -0.05) is 24.3 Å². The number of carbonyl (C=O) groups is 2. The zero-order valence-corrected chi connectivity index (χ0v) is 16.9. The van der Waals surface area contributed by atoms with Gasteiger partial charge in [0.25, 0.3) is 0 Å². The first kappa shape index (κ1) is 22.2. The number of rotatable bonds is 10. The zero-order chi connectivity index (χ0) is 21.2. The highest BCUT2D eigenvalue weighted by Gasteiger charge is 2.20. The molecule has 0 aromatic heterocycles. The number of hydrogen-bond donors (Lipinski definition) is 2. The first-order valence-electron chi connectivity index (χ1n) is 9.50. The van der Waals surface area contributed by atoms with Gasteiger partial charge in [0, 0.05) is 12.1 Å². The number of hydrogen-bond acceptors (Lipinski definition) is 5. The third-order valence-electron chi connectivity index (χ3n) is 3.94. The molecule has 7 nitrogen and oxygen atoms in total. The number of carboxylic acid groups (broad SMARTS) is 1. The van der Waals surface area contributed by atoms with Crippen LogP contribution in [0.2, 0.25) is 0 Å². The van der Waals surface area contributed by atoms with E-state index in [0.29, 0.717) is 12.3 Å². The van der Waals surface area contributed by atoms with Crippen molar-refractivity contribution >= 4 is 17.7 Å². The Morgan fingerprint density at radius 1 is 1.00 bits per heavy atom. The number of anilines is 1. The number of benzene rings is 2. The summed E-state index contributed by atoms with van der Waals surface area (Å²) >= 11 is 0. The van der Waals surface area contributed by atoms with Gasteiger partial charge in [-0.05, 0) is 56.2 Å². The van der Waals surface area contributed by atoms with Crippen molar-refractivity contribution < 1.29 is 28.9 Å². The fourth-order valence-electron chi connectivity index (χ4n) is 2.61. The van der Waals surface area contributed by atoms with Gasteiger partial charge in [0.1, 0.15) is 12.4 Å². The van der Waals surface area contributed by atoms with Crippen LogP contribution >= 0.6 is 0 Å². The molecule has 156 valence electrons. The first-order valence-corrected chi connectivity index (χ1v) is 9.50. The lowest BCUT2D eigenvalue weighted by molar-refractivity contribution is -0.153.